The van der Waals surface area contributed by atoms with Gasteiger partial charge in [-0.3, -0.25) is 4.79 Å². The zero-order chi connectivity index (χ0) is 9.71. The Morgan fingerprint density at radius 3 is 2.64 bits per heavy atom. The zero-order valence-corrected chi connectivity index (χ0v) is 7.99. The Morgan fingerprint density at radius 2 is 1.93 bits per heavy atom. The van der Waals surface area contributed by atoms with Gasteiger partial charge in [0.25, 0.3) is 0 Å². The van der Waals surface area contributed by atoms with Crippen molar-refractivity contribution in [1.82, 2.24) is 0 Å². The van der Waals surface area contributed by atoms with Crippen LogP contribution in [-0.2, 0) is 0 Å². The SMILES string of the molecule is NC(=O)c1ccc2c(c1)C1CCC2C1. The second-order valence-corrected chi connectivity index (χ2v) is 4.41. The number of nitrogens with two attached hydrogens (primary N) is 1. The van der Waals surface area contributed by atoms with Crippen molar-refractivity contribution < 1.29 is 4.79 Å². The van der Waals surface area contributed by atoms with E-state index in [0.29, 0.717) is 11.5 Å². The Labute approximate surface area is 83.1 Å². The molecule has 2 aliphatic rings. The molecule has 2 aliphatic carbocycles. The molecule has 1 aromatic rings. The van der Waals surface area contributed by atoms with Gasteiger partial charge >= 0.3 is 0 Å². The van der Waals surface area contributed by atoms with E-state index in [9.17, 15) is 4.79 Å². The number of hydrogen-bond acceptors (Lipinski definition) is 1. The first-order valence-electron chi connectivity index (χ1n) is 5.19. The summed E-state index contributed by atoms with van der Waals surface area (Å²) in [6.07, 6.45) is 3.91. The normalized spacial score (nSPS) is 27.7. The standard InChI is InChI=1S/C12H13NO/c13-12(14)9-3-4-10-7-1-2-8(5-7)11(10)6-9/h3-4,6-8H,1-2,5H2,(H2,13,14). The highest BCUT2D eigenvalue weighted by atomic mass is 16.1. The van der Waals surface area contributed by atoms with E-state index in [0.717, 1.165) is 5.92 Å². The summed E-state index contributed by atoms with van der Waals surface area (Å²) in [5, 5.41) is 0. The Bertz CT molecular complexity index is 411. The quantitative estimate of drug-likeness (QED) is 0.719. The Kier molecular flexibility index (Phi) is 1.49. The van der Waals surface area contributed by atoms with Crippen molar-refractivity contribution in [2.75, 3.05) is 0 Å². The lowest BCUT2D eigenvalue weighted by molar-refractivity contribution is 0.1000. The van der Waals surface area contributed by atoms with Gasteiger partial charge < -0.3 is 5.73 Å². The molecule has 2 bridgehead atoms. The predicted octanol–water partition coefficient (Wildman–Crippen LogP) is 2.15. The lowest BCUT2D eigenvalue weighted by Crippen LogP contribution is -2.12. The van der Waals surface area contributed by atoms with E-state index in [1.165, 1.54) is 30.4 Å². The van der Waals surface area contributed by atoms with Gasteiger partial charge in [0, 0.05) is 5.56 Å². The average Bonchev–Trinajstić information content (AvgIpc) is 2.77. The highest BCUT2D eigenvalue weighted by molar-refractivity contribution is 5.93. The molecule has 1 aromatic carbocycles. The lowest BCUT2D eigenvalue weighted by atomic mass is 9.90. The van der Waals surface area contributed by atoms with Crippen molar-refractivity contribution in [3.8, 4) is 0 Å². The van der Waals surface area contributed by atoms with E-state index >= 15 is 0 Å². The van der Waals surface area contributed by atoms with E-state index in [1.54, 1.807) is 0 Å². The molecule has 3 rings (SSSR count). The molecule has 72 valence electrons. The molecule has 2 heteroatoms. The fourth-order valence-corrected chi connectivity index (χ4v) is 3.00. The van der Waals surface area contributed by atoms with Crippen LogP contribution in [0, 0.1) is 0 Å². The van der Waals surface area contributed by atoms with Gasteiger partial charge in [0.2, 0.25) is 5.91 Å². The monoisotopic (exact) mass is 187 g/mol. The molecule has 2 nitrogen and oxygen atoms in total. The number of fused-ring (bicyclic) bond motifs is 5. The topological polar surface area (TPSA) is 43.1 Å². The summed E-state index contributed by atoms with van der Waals surface area (Å²) >= 11 is 0. The number of hydrogen-bond donors (Lipinski definition) is 1. The van der Waals surface area contributed by atoms with Crippen molar-refractivity contribution in [1.29, 1.82) is 0 Å². The zero-order valence-electron chi connectivity index (χ0n) is 7.99. The fraction of sp³-hybridized carbons (Fsp3) is 0.417. The summed E-state index contributed by atoms with van der Waals surface area (Å²) in [7, 11) is 0. The third-order valence-corrected chi connectivity index (χ3v) is 3.68. The van der Waals surface area contributed by atoms with E-state index in [1.807, 2.05) is 12.1 Å². The minimum atomic E-state index is -0.310. The van der Waals surface area contributed by atoms with Crippen LogP contribution in [-0.4, -0.2) is 5.91 Å². The van der Waals surface area contributed by atoms with Crippen LogP contribution in [0.1, 0.15) is 52.6 Å². The molecule has 1 amide bonds. The van der Waals surface area contributed by atoms with Gasteiger partial charge in [0.05, 0.1) is 0 Å². The Morgan fingerprint density at radius 1 is 1.21 bits per heavy atom. The van der Waals surface area contributed by atoms with E-state index < -0.39 is 0 Å². The van der Waals surface area contributed by atoms with Crippen LogP contribution in [0.4, 0.5) is 0 Å². The first-order chi connectivity index (χ1) is 6.75. The van der Waals surface area contributed by atoms with Gasteiger partial charge in [-0.25, -0.2) is 0 Å². The third kappa shape index (κ3) is 0.939. The van der Waals surface area contributed by atoms with Gasteiger partial charge in [-0.05, 0) is 54.4 Å². The van der Waals surface area contributed by atoms with Gasteiger partial charge in [-0.15, -0.1) is 0 Å². The maximum Gasteiger partial charge on any atom is 0.248 e. The molecule has 0 aromatic heterocycles. The molecule has 14 heavy (non-hydrogen) atoms. The van der Waals surface area contributed by atoms with Crippen LogP contribution in [0.3, 0.4) is 0 Å². The molecule has 0 heterocycles. The second kappa shape index (κ2) is 2.59. The van der Waals surface area contributed by atoms with Crippen molar-refractivity contribution in [2.24, 2.45) is 5.73 Å². The molecule has 0 aliphatic heterocycles. The van der Waals surface area contributed by atoms with Crippen LogP contribution in [0.5, 0.6) is 0 Å². The largest absolute Gasteiger partial charge is 0.366 e. The molecule has 2 N–H and O–H groups in total. The van der Waals surface area contributed by atoms with Crippen molar-refractivity contribution in [3.05, 3.63) is 34.9 Å². The maximum absolute atomic E-state index is 11.0. The molecule has 0 saturated heterocycles. The first kappa shape index (κ1) is 8.04. The summed E-state index contributed by atoms with van der Waals surface area (Å²) in [6.45, 7) is 0. The minimum absolute atomic E-state index is 0.310. The van der Waals surface area contributed by atoms with Gasteiger partial charge in [0.15, 0.2) is 0 Å². The summed E-state index contributed by atoms with van der Waals surface area (Å²) < 4.78 is 0. The number of rotatable bonds is 1. The van der Waals surface area contributed by atoms with E-state index in [-0.39, 0.29) is 5.91 Å². The summed E-state index contributed by atoms with van der Waals surface area (Å²) in [4.78, 5) is 11.0. The number of amides is 1. The molecular formula is C12H13NO. The smallest absolute Gasteiger partial charge is 0.248 e. The third-order valence-electron chi connectivity index (χ3n) is 3.68. The van der Waals surface area contributed by atoms with Crippen LogP contribution in [0.15, 0.2) is 18.2 Å². The number of carbonyl (C=O) groups is 1. The average molecular weight is 187 g/mol. The van der Waals surface area contributed by atoms with Crippen molar-refractivity contribution >= 4 is 5.91 Å². The van der Waals surface area contributed by atoms with Crippen molar-refractivity contribution in [3.63, 3.8) is 0 Å². The van der Waals surface area contributed by atoms with Crippen LogP contribution in [0.2, 0.25) is 0 Å². The molecule has 1 fully saturated rings. The molecule has 1 saturated carbocycles. The fourth-order valence-electron chi connectivity index (χ4n) is 3.00. The maximum atomic E-state index is 11.0. The summed E-state index contributed by atoms with van der Waals surface area (Å²) in [5.74, 6) is 1.15. The number of benzene rings is 1. The molecule has 2 atom stereocenters. The van der Waals surface area contributed by atoms with Crippen molar-refractivity contribution in [2.45, 2.75) is 31.1 Å². The van der Waals surface area contributed by atoms with Crippen LogP contribution < -0.4 is 5.73 Å². The van der Waals surface area contributed by atoms with E-state index in [4.69, 9.17) is 5.73 Å². The predicted molar refractivity (Wildman–Crippen MR) is 54.3 cm³/mol. The summed E-state index contributed by atoms with van der Waals surface area (Å²) in [5.41, 5.74) is 8.78. The van der Waals surface area contributed by atoms with Gasteiger partial charge in [-0.2, -0.15) is 0 Å². The highest BCUT2D eigenvalue weighted by Gasteiger charge is 2.36. The highest BCUT2D eigenvalue weighted by Crippen LogP contribution is 2.52. The van der Waals surface area contributed by atoms with E-state index in [2.05, 4.69) is 6.07 Å². The first-order valence-corrected chi connectivity index (χ1v) is 5.19. The van der Waals surface area contributed by atoms with Gasteiger partial charge in [-0.1, -0.05) is 6.07 Å². The molecular weight excluding hydrogens is 174 g/mol. The van der Waals surface area contributed by atoms with Gasteiger partial charge in [0.1, 0.15) is 0 Å². The number of carbonyl (C=O) groups excluding carboxylic acids is 1. The van der Waals surface area contributed by atoms with Crippen LogP contribution in [0.25, 0.3) is 0 Å². The Balaban J connectivity index is 2.12. The molecule has 0 spiro atoms. The number of primary amides is 1. The molecule has 2 unspecified atom stereocenters. The lowest BCUT2D eigenvalue weighted by Gasteiger charge is -2.15. The molecule has 0 radical (unpaired) electrons. The minimum Gasteiger partial charge on any atom is -0.366 e. The van der Waals surface area contributed by atoms with Crippen LogP contribution >= 0.6 is 0 Å². The second-order valence-electron chi connectivity index (χ2n) is 4.41. The summed E-state index contributed by atoms with van der Waals surface area (Å²) in [6, 6.07) is 5.96. The Hall–Kier alpha value is -1.31.